The molecule has 0 aliphatic heterocycles. The minimum Gasteiger partial charge on any atom is -0.478 e. The Morgan fingerprint density at radius 2 is 1.94 bits per heavy atom. The molecule has 0 radical (unpaired) electrons. The molecule has 0 heterocycles. The molecular weight excluding hydrogens is 204 g/mol. The molecule has 1 aromatic carbocycles. The highest BCUT2D eigenvalue weighted by atomic mass is 16.4. The first-order chi connectivity index (χ1) is 7.57. The van der Waals surface area contributed by atoms with Gasteiger partial charge in [0.1, 0.15) is 0 Å². The van der Waals surface area contributed by atoms with E-state index in [1.54, 1.807) is 6.07 Å². The van der Waals surface area contributed by atoms with Gasteiger partial charge >= 0.3 is 5.97 Å². The summed E-state index contributed by atoms with van der Waals surface area (Å²) < 4.78 is 0. The molecule has 0 bridgehead atoms. The van der Waals surface area contributed by atoms with Crippen LogP contribution in [0, 0.1) is 0 Å². The fourth-order valence-electron chi connectivity index (χ4n) is 1.65. The number of carboxylic acids is 1. The fourth-order valence-corrected chi connectivity index (χ4v) is 1.65. The first-order valence-corrected chi connectivity index (χ1v) is 5.48. The molecule has 16 heavy (non-hydrogen) atoms. The SMILES string of the molecule is CCCCCc1ccc(C(=O)O)c(N)c1N. The van der Waals surface area contributed by atoms with Gasteiger partial charge in [0.15, 0.2) is 0 Å². The van der Waals surface area contributed by atoms with Crippen LogP contribution in [0.5, 0.6) is 0 Å². The highest BCUT2D eigenvalue weighted by molar-refractivity contribution is 5.97. The molecule has 0 amide bonds. The number of rotatable bonds is 5. The third-order valence-corrected chi connectivity index (χ3v) is 2.66. The summed E-state index contributed by atoms with van der Waals surface area (Å²) in [6.07, 6.45) is 4.18. The van der Waals surface area contributed by atoms with Gasteiger partial charge in [-0.3, -0.25) is 0 Å². The van der Waals surface area contributed by atoms with E-state index >= 15 is 0 Å². The van der Waals surface area contributed by atoms with Crippen LogP contribution in [-0.2, 0) is 6.42 Å². The van der Waals surface area contributed by atoms with Crippen LogP contribution >= 0.6 is 0 Å². The first-order valence-electron chi connectivity index (χ1n) is 5.48. The predicted octanol–water partition coefficient (Wildman–Crippen LogP) is 2.28. The van der Waals surface area contributed by atoms with Crippen molar-refractivity contribution in [1.29, 1.82) is 0 Å². The van der Waals surface area contributed by atoms with E-state index in [2.05, 4.69) is 6.92 Å². The second kappa shape index (κ2) is 5.39. The molecule has 1 aromatic rings. The molecule has 0 unspecified atom stereocenters. The van der Waals surface area contributed by atoms with Crippen LogP contribution in [0.25, 0.3) is 0 Å². The van der Waals surface area contributed by atoms with Gasteiger partial charge in [0.25, 0.3) is 0 Å². The van der Waals surface area contributed by atoms with Gasteiger partial charge in [-0.1, -0.05) is 25.8 Å². The van der Waals surface area contributed by atoms with Crippen LogP contribution < -0.4 is 11.5 Å². The molecule has 0 aliphatic carbocycles. The van der Waals surface area contributed by atoms with Crippen molar-refractivity contribution in [2.75, 3.05) is 11.5 Å². The second-order valence-corrected chi connectivity index (χ2v) is 3.86. The minimum absolute atomic E-state index is 0.0803. The molecule has 0 aromatic heterocycles. The Kier molecular flexibility index (Phi) is 4.17. The first kappa shape index (κ1) is 12.4. The summed E-state index contributed by atoms with van der Waals surface area (Å²) in [5.74, 6) is -1.04. The lowest BCUT2D eigenvalue weighted by atomic mass is 10.0. The number of aromatic carboxylic acids is 1. The highest BCUT2D eigenvalue weighted by Gasteiger charge is 2.12. The van der Waals surface area contributed by atoms with Crippen LogP contribution in [-0.4, -0.2) is 11.1 Å². The summed E-state index contributed by atoms with van der Waals surface area (Å²) >= 11 is 0. The highest BCUT2D eigenvalue weighted by Crippen LogP contribution is 2.25. The van der Waals surface area contributed by atoms with Crippen LogP contribution in [0.3, 0.4) is 0 Å². The molecule has 0 saturated heterocycles. The van der Waals surface area contributed by atoms with Gasteiger partial charge < -0.3 is 16.6 Å². The molecule has 1 rings (SSSR count). The molecule has 0 atom stereocenters. The number of nitrogen functional groups attached to an aromatic ring is 2. The summed E-state index contributed by atoms with van der Waals surface area (Å²) in [7, 11) is 0. The quantitative estimate of drug-likeness (QED) is 0.526. The number of nitrogens with two attached hydrogens (primary N) is 2. The van der Waals surface area contributed by atoms with E-state index in [1.807, 2.05) is 0 Å². The Balaban J connectivity index is 2.89. The average Bonchev–Trinajstić information content (AvgIpc) is 2.24. The van der Waals surface area contributed by atoms with Gasteiger partial charge in [-0.05, 0) is 24.5 Å². The summed E-state index contributed by atoms with van der Waals surface area (Å²) in [5, 5.41) is 8.86. The molecule has 0 spiro atoms. The van der Waals surface area contributed by atoms with Gasteiger partial charge in [-0.2, -0.15) is 0 Å². The lowest BCUT2D eigenvalue weighted by Gasteiger charge is -2.10. The number of hydrogen-bond acceptors (Lipinski definition) is 3. The summed E-state index contributed by atoms with van der Waals surface area (Å²) in [6.45, 7) is 2.13. The summed E-state index contributed by atoms with van der Waals surface area (Å²) in [6, 6.07) is 3.28. The lowest BCUT2D eigenvalue weighted by Crippen LogP contribution is -2.07. The van der Waals surface area contributed by atoms with Crippen LogP contribution in [0.15, 0.2) is 12.1 Å². The van der Waals surface area contributed by atoms with Crippen molar-refractivity contribution in [3.63, 3.8) is 0 Å². The number of carboxylic acid groups (broad SMARTS) is 1. The van der Waals surface area contributed by atoms with Crippen molar-refractivity contribution >= 4 is 17.3 Å². The van der Waals surface area contributed by atoms with Crippen molar-refractivity contribution in [2.45, 2.75) is 32.6 Å². The second-order valence-electron chi connectivity index (χ2n) is 3.86. The predicted molar refractivity (Wildman–Crippen MR) is 65.5 cm³/mol. The molecular formula is C12H18N2O2. The third kappa shape index (κ3) is 2.66. The zero-order valence-electron chi connectivity index (χ0n) is 9.49. The van der Waals surface area contributed by atoms with E-state index in [0.29, 0.717) is 5.69 Å². The standard InChI is InChI=1S/C12H18N2O2/c1-2-3-4-5-8-6-7-9(12(15)16)11(14)10(8)13/h6-7H,2-5,13-14H2,1H3,(H,15,16). The smallest absolute Gasteiger partial charge is 0.337 e. The Hall–Kier alpha value is -1.71. The molecule has 4 heteroatoms. The maximum absolute atomic E-state index is 10.8. The zero-order valence-corrected chi connectivity index (χ0v) is 9.49. The van der Waals surface area contributed by atoms with Crippen molar-refractivity contribution in [1.82, 2.24) is 0 Å². The number of hydrogen-bond donors (Lipinski definition) is 3. The van der Waals surface area contributed by atoms with E-state index in [9.17, 15) is 4.79 Å². The lowest BCUT2D eigenvalue weighted by molar-refractivity contribution is 0.0698. The number of unbranched alkanes of at least 4 members (excludes halogenated alkanes) is 2. The molecule has 0 saturated carbocycles. The maximum atomic E-state index is 10.8. The number of anilines is 2. The number of benzene rings is 1. The molecule has 5 N–H and O–H groups in total. The van der Waals surface area contributed by atoms with Crippen molar-refractivity contribution in [3.05, 3.63) is 23.3 Å². The topological polar surface area (TPSA) is 89.3 Å². The molecule has 4 nitrogen and oxygen atoms in total. The zero-order chi connectivity index (χ0) is 12.1. The van der Waals surface area contributed by atoms with Crippen molar-refractivity contribution in [3.8, 4) is 0 Å². The van der Waals surface area contributed by atoms with E-state index in [0.717, 1.165) is 31.2 Å². The Morgan fingerprint density at radius 3 is 2.50 bits per heavy atom. The molecule has 0 fully saturated rings. The third-order valence-electron chi connectivity index (χ3n) is 2.66. The van der Waals surface area contributed by atoms with E-state index in [1.165, 1.54) is 6.07 Å². The maximum Gasteiger partial charge on any atom is 0.337 e. The van der Waals surface area contributed by atoms with Gasteiger partial charge in [-0.15, -0.1) is 0 Å². The molecule has 0 aliphatic rings. The van der Waals surface area contributed by atoms with E-state index in [4.69, 9.17) is 16.6 Å². The summed E-state index contributed by atoms with van der Waals surface area (Å²) in [5.41, 5.74) is 13.1. The number of aryl methyl sites for hydroxylation is 1. The Labute approximate surface area is 95.3 Å². The Morgan fingerprint density at radius 1 is 1.25 bits per heavy atom. The average molecular weight is 222 g/mol. The fraction of sp³-hybridized carbons (Fsp3) is 0.417. The van der Waals surface area contributed by atoms with Crippen LogP contribution in [0.4, 0.5) is 11.4 Å². The van der Waals surface area contributed by atoms with Gasteiger partial charge in [0.05, 0.1) is 16.9 Å². The van der Waals surface area contributed by atoms with E-state index < -0.39 is 5.97 Å². The van der Waals surface area contributed by atoms with Gasteiger partial charge in [0.2, 0.25) is 0 Å². The Bertz CT molecular complexity index is 389. The largest absolute Gasteiger partial charge is 0.478 e. The van der Waals surface area contributed by atoms with Gasteiger partial charge in [-0.25, -0.2) is 4.79 Å². The monoisotopic (exact) mass is 222 g/mol. The van der Waals surface area contributed by atoms with E-state index in [-0.39, 0.29) is 11.3 Å². The summed E-state index contributed by atoms with van der Waals surface area (Å²) in [4.78, 5) is 10.8. The normalized spacial score (nSPS) is 10.3. The van der Waals surface area contributed by atoms with Gasteiger partial charge in [0, 0.05) is 0 Å². The minimum atomic E-state index is -1.04. The van der Waals surface area contributed by atoms with Crippen LogP contribution in [0.1, 0.15) is 42.1 Å². The van der Waals surface area contributed by atoms with Crippen LogP contribution in [0.2, 0.25) is 0 Å². The van der Waals surface area contributed by atoms with Crippen molar-refractivity contribution < 1.29 is 9.90 Å². The number of carbonyl (C=O) groups is 1. The van der Waals surface area contributed by atoms with Crippen molar-refractivity contribution in [2.24, 2.45) is 0 Å². The molecule has 88 valence electrons.